The summed E-state index contributed by atoms with van der Waals surface area (Å²) in [5.74, 6) is 1.62. The first kappa shape index (κ1) is 15.8. The molecule has 2 aromatic carbocycles. The maximum atomic E-state index is 12.0. The third-order valence-corrected chi connectivity index (χ3v) is 4.82. The fourth-order valence-corrected chi connectivity index (χ4v) is 3.61. The standard InChI is InChI=1S/C21H24O2/c1-12(2)16-6-8-17(9-7-16)18-11-23-21-19(15(5)22)13(3)10-14(4)20(18)21/h6-10,12,18H,11H2,1-5H3/t18-/m0/s1. The summed E-state index contributed by atoms with van der Waals surface area (Å²) >= 11 is 0. The molecule has 0 saturated heterocycles. The van der Waals surface area contributed by atoms with Crippen LogP contribution in [0.3, 0.4) is 0 Å². The van der Waals surface area contributed by atoms with Crippen LogP contribution in [0.1, 0.15) is 70.8 Å². The van der Waals surface area contributed by atoms with Crippen LogP contribution in [0, 0.1) is 13.8 Å². The Bertz CT molecular complexity index is 754. The molecule has 2 heteroatoms. The molecule has 0 aromatic heterocycles. The molecule has 120 valence electrons. The Morgan fingerprint density at radius 2 is 1.78 bits per heavy atom. The van der Waals surface area contributed by atoms with Gasteiger partial charge in [0.1, 0.15) is 5.75 Å². The second kappa shape index (κ2) is 5.84. The zero-order valence-electron chi connectivity index (χ0n) is 14.6. The molecule has 0 amide bonds. The van der Waals surface area contributed by atoms with Crippen molar-refractivity contribution in [2.24, 2.45) is 0 Å². The van der Waals surface area contributed by atoms with Crippen molar-refractivity contribution in [2.45, 2.75) is 46.5 Å². The van der Waals surface area contributed by atoms with Crippen LogP contribution in [-0.2, 0) is 0 Å². The number of fused-ring (bicyclic) bond motifs is 1. The van der Waals surface area contributed by atoms with E-state index in [1.54, 1.807) is 6.92 Å². The van der Waals surface area contributed by atoms with Crippen LogP contribution < -0.4 is 4.74 Å². The zero-order valence-corrected chi connectivity index (χ0v) is 14.6. The number of carbonyl (C=O) groups is 1. The fourth-order valence-electron chi connectivity index (χ4n) is 3.61. The van der Waals surface area contributed by atoms with Crippen LogP contribution in [0.4, 0.5) is 0 Å². The molecule has 23 heavy (non-hydrogen) atoms. The third kappa shape index (κ3) is 2.67. The van der Waals surface area contributed by atoms with E-state index in [9.17, 15) is 4.79 Å². The molecule has 0 unspecified atom stereocenters. The van der Waals surface area contributed by atoms with E-state index in [4.69, 9.17) is 4.74 Å². The fraction of sp³-hybridized carbons (Fsp3) is 0.381. The average molecular weight is 308 g/mol. The van der Waals surface area contributed by atoms with Gasteiger partial charge in [-0.25, -0.2) is 0 Å². The summed E-state index contributed by atoms with van der Waals surface area (Å²) in [6.07, 6.45) is 0. The number of carbonyl (C=O) groups excluding carboxylic acids is 1. The highest BCUT2D eigenvalue weighted by Gasteiger charge is 2.31. The molecule has 0 bridgehead atoms. The lowest BCUT2D eigenvalue weighted by Gasteiger charge is -2.15. The summed E-state index contributed by atoms with van der Waals surface area (Å²) in [4.78, 5) is 12.0. The van der Waals surface area contributed by atoms with Crippen molar-refractivity contribution in [1.82, 2.24) is 0 Å². The molecule has 2 nitrogen and oxygen atoms in total. The van der Waals surface area contributed by atoms with Gasteiger partial charge in [-0.15, -0.1) is 0 Å². The second-order valence-electron chi connectivity index (χ2n) is 6.87. The van der Waals surface area contributed by atoms with Crippen molar-refractivity contribution in [3.8, 4) is 5.75 Å². The van der Waals surface area contributed by atoms with Crippen molar-refractivity contribution in [1.29, 1.82) is 0 Å². The van der Waals surface area contributed by atoms with Crippen LogP contribution in [0.2, 0.25) is 0 Å². The summed E-state index contributed by atoms with van der Waals surface area (Å²) in [6.45, 7) is 10.7. The molecule has 0 N–H and O–H groups in total. The Kier molecular flexibility index (Phi) is 4.01. The molecule has 0 saturated carbocycles. The van der Waals surface area contributed by atoms with Gasteiger partial charge in [0.15, 0.2) is 5.78 Å². The van der Waals surface area contributed by atoms with E-state index in [1.807, 2.05) is 6.92 Å². The predicted molar refractivity (Wildman–Crippen MR) is 93.8 cm³/mol. The summed E-state index contributed by atoms with van der Waals surface area (Å²) in [6, 6.07) is 10.9. The minimum absolute atomic E-state index is 0.0783. The first-order chi connectivity index (χ1) is 10.9. The van der Waals surface area contributed by atoms with Crippen molar-refractivity contribution >= 4 is 5.78 Å². The smallest absolute Gasteiger partial charge is 0.163 e. The van der Waals surface area contributed by atoms with Gasteiger partial charge in [-0.3, -0.25) is 4.79 Å². The number of hydrogen-bond acceptors (Lipinski definition) is 2. The molecule has 1 aliphatic heterocycles. The van der Waals surface area contributed by atoms with E-state index in [2.05, 4.69) is 51.1 Å². The number of benzene rings is 2. The molecule has 1 heterocycles. The van der Waals surface area contributed by atoms with Gasteiger partial charge in [-0.2, -0.15) is 0 Å². The topological polar surface area (TPSA) is 26.3 Å². The number of ketones is 1. The summed E-state index contributed by atoms with van der Waals surface area (Å²) in [5, 5.41) is 0. The van der Waals surface area contributed by atoms with Crippen molar-refractivity contribution in [3.63, 3.8) is 0 Å². The minimum Gasteiger partial charge on any atom is -0.492 e. The van der Waals surface area contributed by atoms with Crippen LogP contribution in [0.25, 0.3) is 0 Å². The first-order valence-corrected chi connectivity index (χ1v) is 8.27. The van der Waals surface area contributed by atoms with Crippen molar-refractivity contribution < 1.29 is 9.53 Å². The molecule has 0 fully saturated rings. The van der Waals surface area contributed by atoms with Gasteiger partial charge >= 0.3 is 0 Å². The van der Waals surface area contributed by atoms with Crippen LogP contribution in [0.5, 0.6) is 5.75 Å². The van der Waals surface area contributed by atoms with E-state index < -0.39 is 0 Å². The largest absolute Gasteiger partial charge is 0.492 e. The quantitative estimate of drug-likeness (QED) is 0.733. The van der Waals surface area contributed by atoms with Crippen molar-refractivity contribution in [2.75, 3.05) is 6.61 Å². The summed E-state index contributed by atoms with van der Waals surface area (Å²) in [5.41, 5.74) is 6.74. The Balaban J connectivity index is 2.08. The summed E-state index contributed by atoms with van der Waals surface area (Å²) < 4.78 is 5.98. The van der Waals surface area contributed by atoms with Crippen molar-refractivity contribution in [3.05, 3.63) is 63.7 Å². The normalized spacial score (nSPS) is 16.3. The maximum absolute atomic E-state index is 12.0. The second-order valence-corrected chi connectivity index (χ2v) is 6.87. The number of rotatable bonds is 3. The average Bonchev–Trinajstić information content (AvgIpc) is 2.91. The molecule has 2 aromatic rings. The molecule has 0 aliphatic carbocycles. The SMILES string of the molecule is CC(=O)c1c(C)cc(C)c2c1OC[C@H]2c1ccc(C(C)C)cc1. The Hall–Kier alpha value is -2.09. The van der Waals surface area contributed by atoms with E-state index in [0.29, 0.717) is 12.5 Å². The third-order valence-electron chi connectivity index (χ3n) is 4.82. The predicted octanol–water partition coefficient (Wildman–Crippen LogP) is 5.15. The van der Waals surface area contributed by atoms with E-state index in [0.717, 1.165) is 16.9 Å². The van der Waals surface area contributed by atoms with Crippen LogP contribution in [0.15, 0.2) is 30.3 Å². The lowest BCUT2D eigenvalue weighted by atomic mass is 9.86. The van der Waals surface area contributed by atoms with Gasteiger partial charge in [0.2, 0.25) is 0 Å². The van der Waals surface area contributed by atoms with Gasteiger partial charge in [-0.1, -0.05) is 44.2 Å². The van der Waals surface area contributed by atoms with Gasteiger partial charge in [0, 0.05) is 11.5 Å². The first-order valence-electron chi connectivity index (χ1n) is 8.27. The lowest BCUT2D eigenvalue weighted by molar-refractivity contribution is 0.101. The van der Waals surface area contributed by atoms with E-state index in [1.165, 1.54) is 22.3 Å². The highest BCUT2D eigenvalue weighted by Crippen LogP contribution is 2.44. The number of Topliss-reactive ketones (excluding diaryl/α,β-unsaturated/α-hetero) is 1. The number of ether oxygens (including phenoxy) is 1. The van der Waals surface area contributed by atoms with Gasteiger partial charge in [0.25, 0.3) is 0 Å². The Morgan fingerprint density at radius 1 is 1.13 bits per heavy atom. The molecule has 3 rings (SSSR count). The lowest BCUT2D eigenvalue weighted by Crippen LogP contribution is -2.04. The Morgan fingerprint density at radius 3 is 2.35 bits per heavy atom. The number of hydrogen-bond donors (Lipinski definition) is 0. The van der Waals surface area contributed by atoms with Crippen LogP contribution in [-0.4, -0.2) is 12.4 Å². The van der Waals surface area contributed by atoms with E-state index >= 15 is 0 Å². The molecule has 1 aliphatic rings. The monoisotopic (exact) mass is 308 g/mol. The molecular weight excluding hydrogens is 284 g/mol. The zero-order chi connectivity index (χ0) is 16.7. The molecule has 1 atom stereocenters. The maximum Gasteiger partial charge on any atom is 0.163 e. The highest BCUT2D eigenvalue weighted by molar-refractivity contribution is 5.99. The molecule has 0 spiro atoms. The Labute approximate surface area is 138 Å². The molecular formula is C21H24O2. The van der Waals surface area contributed by atoms with E-state index in [-0.39, 0.29) is 11.7 Å². The molecule has 0 radical (unpaired) electrons. The van der Waals surface area contributed by atoms with Gasteiger partial charge in [0.05, 0.1) is 12.2 Å². The van der Waals surface area contributed by atoms with Crippen LogP contribution >= 0.6 is 0 Å². The van der Waals surface area contributed by atoms with Gasteiger partial charge < -0.3 is 4.74 Å². The minimum atomic E-state index is 0.0783. The number of aryl methyl sites for hydroxylation is 2. The summed E-state index contributed by atoms with van der Waals surface area (Å²) in [7, 11) is 0. The highest BCUT2D eigenvalue weighted by atomic mass is 16.5. The van der Waals surface area contributed by atoms with Gasteiger partial charge in [-0.05, 0) is 48.9 Å².